The molecule has 0 saturated carbocycles. The van der Waals surface area contributed by atoms with E-state index in [1.807, 2.05) is 6.92 Å². The van der Waals surface area contributed by atoms with E-state index in [2.05, 4.69) is 5.32 Å². The zero-order chi connectivity index (χ0) is 16.9. The third kappa shape index (κ3) is 5.31. The molecule has 1 aromatic carbocycles. The summed E-state index contributed by atoms with van der Waals surface area (Å²) in [7, 11) is -1.36. The van der Waals surface area contributed by atoms with Crippen LogP contribution in [-0.4, -0.2) is 50.6 Å². The van der Waals surface area contributed by atoms with Crippen LogP contribution in [0.3, 0.4) is 0 Å². The summed E-state index contributed by atoms with van der Waals surface area (Å²) in [5.41, 5.74) is 0.620. The van der Waals surface area contributed by atoms with Crippen molar-refractivity contribution >= 4 is 33.2 Å². The van der Waals surface area contributed by atoms with Crippen LogP contribution < -0.4 is 14.8 Å². The summed E-state index contributed by atoms with van der Waals surface area (Å²) in [5.74, 6) is 1.64. The van der Waals surface area contributed by atoms with Crippen LogP contribution in [0.5, 0.6) is 11.5 Å². The van der Waals surface area contributed by atoms with Gasteiger partial charge in [0.05, 0.1) is 31.0 Å². The Morgan fingerprint density at radius 3 is 2.78 bits per heavy atom. The summed E-state index contributed by atoms with van der Waals surface area (Å²) in [6, 6.07) is 5.19. The molecular weight excluding hydrogens is 338 g/mol. The standard InChI is InChI=1S/C15H21NO5S2/c1-3-21-13-5-4-11(8-14(13)20-2)16-15(17)9-22-12-6-7-23(18,19)10-12/h4-5,8,12H,3,6-7,9-10H2,1-2H3,(H,16,17)/t12-/m0/s1. The Balaban J connectivity index is 1.87. The van der Waals surface area contributed by atoms with Crippen molar-refractivity contribution in [3.05, 3.63) is 18.2 Å². The molecule has 1 aromatic rings. The third-order valence-electron chi connectivity index (χ3n) is 3.39. The van der Waals surface area contributed by atoms with Crippen molar-refractivity contribution in [1.29, 1.82) is 0 Å². The van der Waals surface area contributed by atoms with E-state index in [1.165, 1.54) is 11.8 Å². The number of anilines is 1. The van der Waals surface area contributed by atoms with Gasteiger partial charge in [0.25, 0.3) is 0 Å². The highest BCUT2D eigenvalue weighted by atomic mass is 32.2. The molecule has 1 aliphatic heterocycles. The molecule has 1 aliphatic rings. The van der Waals surface area contributed by atoms with Crippen molar-refractivity contribution in [2.24, 2.45) is 0 Å². The molecule has 0 aromatic heterocycles. The van der Waals surface area contributed by atoms with E-state index >= 15 is 0 Å². The number of benzene rings is 1. The number of carbonyl (C=O) groups is 1. The number of sulfone groups is 1. The highest BCUT2D eigenvalue weighted by molar-refractivity contribution is 8.02. The maximum atomic E-state index is 12.0. The van der Waals surface area contributed by atoms with Crippen LogP contribution in [0.15, 0.2) is 18.2 Å². The summed E-state index contributed by atoms with van der Waals surface area (Å²) >= 11 is 1.39. The Hall–Kier alpha value is -1.41. The van der Waals surface area contributed by atoms with Crippen molar-refractivity contribution in [2.45, 2.75) is 18.6 Å². The fraction of sp³-hybridized carbons (Fsp3) is 0.533. The van der Waals surface area contributed by atoms with Crippen molar-refractivity contribution in [3.63, 3.8) is 0 Å². The molecule has 23 heavy (non-hydrogen) atoms. The summed E-state index contributed by atoms with van der Waals surface area (Å²) < 4.78 is 33.4. The first-order chi connectivity index (χ1) is 10.9. The lowest BCUT2D eigenvalue weighted by Gasteiger charge is -2.12. The van der Waals surface area contributed by atoms with E-state index in [4.69, 9.17) is 9.47 Å². The lowest BCUT2D eigenvalue weighted by molar-refractivity contribution is -0.113. The predicted molar refractivity (Wildman–Crippen MR) is 92.3 cm³/mol. The summed E-state index contributed by atoms with van der Waals surface area (Å²) in [6.07, 6.45) is 0.622. The largest absolute Gasteiger partial charge is 0.493 e. The van der Waals surface area contributed by atoms with E-state index in [-0.39, 0.29) is 28.4 Å². The van der Waals surface area contributed by atoms with Gasteiger partial charge in [-0.25, -0.2) is 8.42 Å². The molecule has 1 N–H and O–H groups in total. The van der Waals surface area contributed by atoms with Crippen molar-refractivity contribution in [2.75, 3.05) is 36.3 Å². The van der Waals surface area contributed by atoms with Gasteiger partial charge in [0.15, 0.2) is 21.3 Å². The molecule has 0 unspecified atom stereocenters. The molecule has 1 saturated heterocycles. The van der Waals surface area contributed by atoms with E-state index in [9.17, 15) is 13.2 Å². The van der Waals surface area contributed by atoms with Gasteiger partial charge in [-0.3, -0.25) is 4.79 Å². The number of ether oxygens (including phenoxy) is 2. The molecule has 0 bridgehead atoms. The van der Waals surface area contributed by atoms with Gasteiger partial charge < -0.3 is 14.8 Å². The van der Waals surface area contributed by atoms with Gasteiger partial charge in [0.1, 0.15) is 0 Å². The van der Waals surface area contributed by atoms with Crippen molar-refractivity contribution in [1.82, 2.24) is 0 Å². The first kappa shape index (κ1) is 17.9. The zero-order valence-electron chi connectivity index (χ0n) is 13.2. The van der Waals surface area contributed by atoms with Gasteiger partial charge in [-0.05, 0) is 25.5 Å². The fourth-order valence-electron chi connectivity index (χ4n) is 2.30. The Morgan fingerprint density at radius 1 is 1.39 bits per heavy atom. The molecule has 0 radical (unpaired) electrons. The Bertz CT molecular complexity index is 660. The van der Waals surface area contributed by atoms with Crippen LogP contribution in [0, 0.1) is 0 Å². The highest BCUT2D eigenvalue weighted by Crippen LogP contribution is 2.30. The number of hydrogen-bond donors (Lipinski definition) is 1. The maximum Gasteiger partial charge on any atom is 0.234 e. The molecular formula is C15H21NO5S2. The third-order valence-corrected chi connectivity index (χ3v) is 6.67. The highest BCUT2D eigenvalue weighted by Gasteiger charge is 2.28. The minimum Gasteiger partial charge on any atom is -0.493 e. The summed E-state index contributed by atoms with van der Waals surface area (Å²) in [6.45, 7) is 2.42. The smallest absolute Gasteiger partial charge is 0.234 e. The first-order valence-electron chi connectivity index (χ1n) is 7.36. The second kappa shape index (κ2) is 7.92. The van der Waals surface area contributed by atoms with Crippen LogP contribution in [0.4, 0.5) is 5.69 Å². The van der Waals surface area contributed by atoms with Crippen LogP contribution in [0.2, 0.25) is 0 Å². The van der Waals surface area contributed by atoms with Crippen LogP contribution in [-0.2, 0) is 14.6 Å². The van der Waals surface area contributed by atoms with Crippen molar-refractivity contribution in [3.8, 4) is 11.5 Å². The number of methoxy groups -OCH3 is 1. The van der Waals surface area contributed by atoms with Gasteiger partial charge in [-0.1, -0.05) is 0 Å². The molecule has 1 amide bonds. The zero-order valence-corrected chi connectivity index (χ0v) is 14.8. The Morgan fingerprint density at radius 2 is 2.17 bits per heavy atom. The maximum absolute atomic E-state index is 12.0. The molecule has 2 rings (SSSR count). The number of hydrogen-bond acceptors (Lipinski definition) is 6. The van der Waals surface area contributed by atoms with Gasteiger partial charge in [-0.15, -0.1) is 11.8 Å². The monoisotopic (exact) mass is 359 g/mol. The first-order valence-corrected chi connectivity index (χ1v) is 10.2. The van der Waals surface area contributed by atoms with Crippen LogP contribution in [0.25, 0.3) is 0 Å². The summed E-state index contributed by atoms with van der Waals surface area (Å²) in [5, 5.41) is 2.80. The minimum atomic E-state index is -2.90. The van der Waals surface area contributed by atoms with E-state index in [0.717, 1.165) is 0 Å². The molecule has 128 valence electrons. The van der Waals surface area contributed by atoms with Crippen molar-refractivity contribution < 1.29 is 22.7 Å². The second-order valence-electron chi connectivity index (χ2n) is 5.18. The fourth-order valence-corrected chi connectivity index (χ4v) is 5.75. The Labute approximate surface area is 140 Å². The molecule has 0 spiro atoms. The van der Waals surface area contributed by atoms with Gasteiger partial charge >= 0.3 is 0 Å². The minimum absolute atomic E-state index is 0.0145. The van der Waals surface area contributed by atoms with Gasteiger partial charge in [-0.2, -0.15) is 0 Å². The summed E-state index contributed by atoms with van der Waals surface area (Å²) in [4.78, 5) is 12.0. The van der Waals surface area contributed by atoms with Gasteiger partial charge in [0, 0.05) is 17.0 Å². The number of carbonyl (C=O) groups excluding carboxylic acids is 1. The van der Waals surface area contributed by atoms with Crippen LogP contribution >= 0.6 is 11.8 Å². The number of thioether (sulfide) groups is 1. The van der Waals surface area contributed by atoms with Gasteiger partial charge in [0.2, 0.25) is 5.91 Å². The molecule has 1 fully saturated rings. The lowest BCUT2D eigenvalue weighted by Crippen LogP contribution is -2.17. The normalized spacial score (nSPS) is 19.3. The van der Waals surface area contributed by atoms with Crippen LogP contribution in [0.1, 0.15) is 13.3 Å². The average molecular weight is 359 g/mol. The molecule has 1 heterocycles. The van der Waals surface area contributed by atoms with E-state index < -0.39 is 9.84 Å². The average Bonchev–Trinajstić information content (AvgIpc) is 2.86. The number of rotatable bonds is 7. The molecule has 0 aliphatic carbocycles. The topological polar surface area (TPSA) is 81.7 Å². The number of amides is 1. The quantitative estimate of drug-likeness (QED) is 0.801. The SMILES string of the molecule is CCOc1ccc(NC(=O)CS[C@H]2CCS(=O)(=O)C2)cc1OC. The molecule has 6 nitrogen and oxygen atoms in total. The Kier molecular flexibility index (Phi) is 6.17. The molecule has 8 heteroatoms. The predicted octanol–water partition coefficient (Wildman–Crippen LogP) is 1.95. The van der Waals surface area contributed by atoms with E-state index in [1.54, 1.807) is 25.3 Å². The lowest BCUT2D eigenvalue weighted by atomic mass is 10.2. The second-order valence-corrected chi connectivity index (χ2v) is 8.70. The van der Waals surface area contributed by atoms with E-state index in [0.29, 0.717) is 30.2 Å². The molecule has 1 atom stereocenters. The number of nitrogens with one attached hydrogen (secondary N) is 1.